The summed E-state index contributed by atoms with van der Waals surface area (Å²) in [5.41, 5.74) is 0. The molecule has 0 bridgehead atoms. The van der Waals surface area contributed by atoms with Crippen molar-refractivity contribution in [3.8, 4) is 0 Å². The maximum atomic E-state index is 12.0. The number of urea groups is 1. The second-order valence-corrected chi connectivity index (χ2v) is 7.49. The van der Waals surface area contributed by atoms with E-state index in [0.29, 0.717) is 18.1 Å². The van der Waals surface area contributed by atoms with E-state index in [9.17, 15) is 14.4 Å². The zero-order valence-corrected chi connectivity index (χ0v) is 14.0. The molecule has 22 heavy (non-hydrogen) atoms. The van der Waals surface area contributed by atoms with Crippen LogP contribution in [0.4, 0.5) is 4.79 Å². The summed E-state index contributed by atoms with van der Waals surface area (Å²) >= 11 is 1.87. The molecule has 0 saturated carbocycles. The summed E-state index contributed by atoms with van der Waals surface area (Å²) in [6, 6.07) is 0.365. The second-order valence-electron chi connectivity index (χ2n) is 6.22. The number of rotatable bonds is 10. The van der Waals surface area contributed by atoms with E-state index in [2.05, 4.69) is 17.6 Å². The molecular formula is C16H26N2O3S. The minimum absolute atomic E-state index is 0.0721. The lowest BCUT2D eigenvalue weighted by Crippen LogP contribution is -2.36. The number of nitrogens with one attached hydrogen (secondary N) is 2. The van der Waals surface area contributed by atoms with E-state index < -0.39 is 5.92 Å². The van der Waals surface area contributed by atoms with Gasteiger partial charge in [-0.05, 0) is 19.3 Å². The van der Waals surface area contributed by atoms with Crippen LogP contribution in [-0.4, -0.2) is 41.2 Å². The van der Waals surface area contributed by atoms with Gasteiger partial charge in [0.1, 0.15) is 12.1 Å². The molecule has 6 heteroatoms. The third-order valence-corrected chi connectivity index (χ3v) is 6.06. The first-order valence-corrected chi connectivity index (χ1v) is 9.37. The molecule has 2 saturated heterocycles. The molecule has 2 N–H and O–H groups in total. The highest BCUT2D eigenvalue weighted by Crippen LogP contribution is 2.33. The normalized spacial score (nSPS) is 27.9. The lowest BCUT2D eigenvalue weighted by molar-refractivity contribution is -0.127. The predicted molar refractivity (Wildman–Crippen MR) is 88.0 cm³/mol. The minimum atomic E-state index is -0.435. The molecule has 0 aromatic heterocycles. The molecule has 0 aliphatic carbocycles. The van der Waals surface area contributed by atoms with Crippen molar-refractivity contribution in [2.24, 2.45) is 5.92 Å². The Morgan fingerprint density at radius 3 is 2.91 bits per heavy atom. The van der Waals surface area contributed by atoms with Crippen LogP contribution < -0.4 is 10.6 Å². The Balaban J connectivity index is 1.69. The van der Waals surface area contributed by atoms with Crippen molar-refractivity contribution < 1.29 is 14.4 Å². The van der Waals surface area contributed by atoms with Gasteiger partial charge in [-0.1, -0.05) is 26.2 Å². The van der Waals surface area contributed by atoms with Crippen LogP contribution in [0, 0.1) is 5.92 Å². The number of fused-ring (bicyclic) bond motifs is 1. The van der Waals surface area contributed by atoms with Crippen LogP contribution in [-0.2, 0) is 9.59 Å². The van der Waals surface area contributed by atoms with Gasteiger partial charge in [0.15, 0.2) is 0 Å². The largest absolute Gasteiger partial charge is 0.332 e. The van der Waals surface area contributed by atoms with Crippen LogP contribution in [0.15, 0.2) is 0 Å². The average molecular weight is 326 g/mol. The molecule has 2 rings (SSSR count). The summed E-state index contributed by atoms with van der Waals surface area (Å²) in [5.74, 6) is 0.604. The van der Waals surface area contributed by atoms with E-state index >= 15 is 0 Å². The zero-order valence-electron chi connectivity index (χ0n) is 13.2. The molecule has 124 valence electrons. The first-order chi connectivity index (χ1) is 10.7. The Morgan fingerprint density at radius 1 is 1.36 bits per heavy atom. The third kappa shape index (κ3) is 4.48. The van der Waals surface area contributed by atoms with E-state index in [1.165, 1.54) is 0 Å². The van der Waals surface area contributed by atoms with Crippen LogP contribution in [0.25, 0.3) is 0 Å². The molecule has 0 spiro atoms. The molecule has 0 aromatic carbocycles. The van der Waals surface area contributed by atoms with E-state index in [1.54, 1.807) is 0 Å². The van der Waals surface area contributed by atoms with E-state index in [1.807, 2.05) is 11.8 Å². The van der Waals surface area contributed by atoms with Gasteiger partial charge in [-0.25, -0.2) is 4.79 Å². The molecule has 0 radical (unpaired) electrons. The van der Waals surface area contributed by atoms with Crippen LogP contribution >= 0.6 is 11.8 Å². The molecule has 2 fully saturated rings. The molecule has 2 amide bonds. The molecule has 2 aliphatic heterocycles. The van der Waals surface area contributed by atoms with E-state index in [4.69, 9.17) is 0 Å². The maximum Gasteiger partial charge on any atom is 0.315 e. The summed E-state index contributed by atoms with van der Waals surface area (Å²) in [6.45, 7) is 2.10. The summed E-state index contributed by atoms with van der Waals surface area (Å²) in [4.78, 5) is 34.5. The van der Waals surface area contributed by atoms with Crippen molar-refractivity contribution in [1.82, 2.24) is 10.6 Å². The van der Waals surface area contributed by atoms with Crippen molar-refractivity contribution in [1.29, 1.82) is 0 Å². The molecule has 4 atom stereocenters. The Morgan fingerprint density at radius 2 is 2.18 bits per heavy atom. The second kappa shape index (κ2) is 8.56. The number of carbonyl (C=O) groups excluding carboxylic acids is 3. The molecule has 1 unspecified atom stereocenters. The molecule has 0 aromatic rings. The maximum absolute atomic E-state index is 12.0. The zero-order chi connectivity index (χ0) is 15.9. The number of carbonyl (C=O) groups is 3. The van der Waals surface area contributed by atoms with Crippen molar-refractivity contribution in [2.45, 2.75) is 69.2 Å². The summed E-state index contributed by atoms with van der Waals surface area (Å²) in [5, 5.41) is 6.28. The van der Waals surface area contributed by atoms with Gasteiger partial charge in [-0.3, -0.25) is 4.79 Å². The van der Waals surface area contributed by atoms with E-state index in [-0.39, 0.29) is 23.9 Å². The van der Waals surface area contributed by atoms with Crippen molar-refractivity contribution in [2.75, 3.05) is 5.75 Å². The van der Waals surface area contributed by atoms with Crippen LogP contribution in [0.2, 0.25) is 0 Å². The smallest absolute Gasteiger partial charge is 0.315 e. The lowest BCUT2D eigenvalue weighted by Gasteiger charge is -2.17. The summed E-state index contributed by atoms with van der Waals surface area (Å²) in [7, 11) is 0. The van der Waals surface area contributed by atoms with Crippen molar-refractivity contribution >= 4 is 29.9 Å². The van der Waals surface area contributed by atoms with Gasteiger partial charge in [0, 0.05) is 17.4 Å². The van der Waals surface area contributed by atoms with Crippen LogP contribution in [0.3, 0.4) is 0 Å². The number of thioether (sulfide) groups is 1. The summed E-state index contributed by atoms with van der Waals surface area (Å²) in [6.07, 6.45) is 6.81. The van der Waals surface area contributed by atoms with Gasteiger partial charge in [0.25, 0.3) is 0 Å². The Kier molecular flexibility index (Phi) is 6.73. The molecular weight excluding hydrogens is 300 g/mol. The number of hydrogen-bond acceptors (Lipinski definition) is 4. The number of hydrogen-bond donors (Lipinski definition) is 2. The highest BCUT2D eigenvalue weighted by molar-refractivity contribution is 8.00. The average Bonchev–Trinajstić information content (AvgIpc) is 3.03. The van der Waals surface area contributed by atoms with Gasteiger partial charge >= 0.3 is 6.03 Å². The first kappa shape index (κ1) is 17.3. The first-order valence-electron chi connectivity index (χ1n) is 8.32. The van der Waals surface area contributed by atoms with Gasteiger partial charge in [0.2, 0.25) is 0 Å². The fourth-order valence-corrected chi connectivity index (χ4v) is 4.77. The van der Waals surface area contributed by atoms with Crippen molar-refractivity contribution in [3.05, 3.63) is 0 Å². The topological polar surface area (TPSA) is 75.3 Å². The van der Waals surface area contributed by atoms with Gasteiger partial charge in [-0.15, -0.1) is 0 Å². The van der Waals surface area contributed by atoms with Crippen molar-refractivity contribution in [3.63, 3.8) is 0 Å². The Labute approximate surface area is 136 Å². The number of unbranched alkanes of at least 4 members (excludes halogenated alkanes) is 2. The van der Waals surface area contributed by atoms with Gasteiger partial charge in [0.05, 0.1) is 18.0 Å². The summed E-state index contributed by atoms with van der Waals surface area (Å²) < 4.78 is 0. The standard InChI is InChI=1S/C16H26N2O3S/c1-2-3-4-7-13(20)11(9-19)6-5-8-14-15-12(10-22-14)17-16(21)18-15/h9,11-12,14-15H,2-8,10H2,1H3,(H2,17,18,21)/t11?,12-,14-,15-/m0/s1. The number of aldehydes is 1. The van der Waals surface area contributed by atoms with Gasteiger partial charge < -0.3 is 15.4 Å². The number of amides is 2. The highest BCUT2D eigenvalue weighted by atomic mass is 32.2. The monoisotopic (exact) mass is 326 g/mol. The SMILES string of the molecule is CCCCCC(=O)C(C=O)CCC[C@@H]1SC[C@@H]2NC(=O)N[C@@H]21. The lowest BCUT2D eigenvalue weighted by atomic mass is 9.93. The van der Waals surface area contributed by atoms with E-state index in [0.717, 1.165) is 44.1 Å². The van der Waals surface area contributed by atoms with Crippen LogP contribution in [0.1, 0.15) is 51.9 Å². The fourth-order valence-electron chi connectivity index (χ4n) is 3.22. The van der Waals surface area contributed by atoms with Gasteiger partial charge in [-0.2, -0.15) is 11.8 Å². The fraction of sp³-hybridized carbons (Fsp3) is 0.812. The predicted octanol–water partition coefficient (Wildman–Crippen LogP) is 2.29. The van der Waals surface area contributed by atoms with Crippen LogP contribution in [0.5, 0.6) is 0 Å². The molecule has 2 heterocycles. The molecule has 5 nitrogen and oxygen atoms in total. The third-order valence-electron chi connectivity index (χ3n) is 4.55. The minimum Gasteiger partial charge on any atom is -0.332 e. The molecule has 2 aliphatic rings. The Bertz CT molecular complexity index is 416. The quantitative estimate of drug-likeness (QED) is 0.279. The Hall–Kier alpha value is -1.04. The highest BCUT2D eigenvalue weighted by Gasteiger charge is 2.42. The number of ketones is 1. The number of Topliss-reactive ketones (excluding diaryl/α,β-unsaturated/α-hetero) is 1.